The van der Waals surface area contributed by atoms with E-state index in [0.717, 1.165) is 51.3 Å². The standard InChI is InChI=1S/C23H31N5O2/c1-4-5-9-13-27-21(29)19-20(25(3)23(27)30)24-22-26(15-17(2)16-28(19)22)14-12-18-10-7-6-8-11-18/h6-8,10-11,17H,4-5,9,12-16H2,1-3H3/t17-/m1/s1. The van der Waals surface area contributed by atoms with Crippen molar-refractivity contribution in [1.82, 2.24) is 18.7 Å². The maximum Gasteiger partial charge on any atom is 0.332 e. The molecule has 3 heterocycles. The summed E-state index contributed by atoms with van der Waals surface area (Å²) in [5, 5.41) is 0. The molecule has 0 radical (unpaired) electrons. The Balaban J connectivity index is 1.75. The van der Waals surface area contributed by atoms with Crippen molar-refractivity contribution >= 4 is 17.1 Å². The molecule has 160 valence electrons. The largest absolute Gasteiger partial charge is 0.342 e. The van der Waals surface area contributed by atoms with Crippen LogP contribution in [0.25, 0.3) is 11.2 Å². The Morgan fingerprint density at radius 3 is 2.57 bits per heavy atom. The van der Waals surface area contributed by atoms with Crippen molar-refractivity contribution in [3.05, 3.63) is 56.7 Å². The Bertz CT molecular complexity index is 1140. The zero-order chi connectivity index (χ0) is 21.3. The van der Waals surface area contributed by atoms with Crippen molar-refractivity contribution in [2.45, 2.75) is 52.6 Å². The zero-order valence-corrected chi connectivity index (χ0v) is 18.2. The summed E-state index contributed by atoms with van der Waals surface area (Å²) in [4.78, 5) is 33.2. The number of imidazole rings is 1. The number of fused-ring (bicyclic) bond motifs is 3. The molecule has 30 heavy (non-hydrogen) atoms. The molecule has 1 aliphatic rings. The second kappa shape index (κ2) is 8.50. The summed E-state index contributed by atoms with van der Waals surface area (Å²) < 4.78 is 4.96. The van der Waals surface area contributed by atoms with Crippen molar-refractivity contribution < 1.29 is 0 Å². The first kappa shape index (κ1) is 20.4. The highest BCUT2D eigenvalue weighted by molar-refractivity contribution is 5.75. The van der Waals surface area contributed by atoms with Gasteiger partial charge in [0.1, 0.15) is 0 Å². The van der Waals surface area contributed by atoms with Gasteiger partial charge in [-0.3, -0.25) is 13.9 Å². The first-order valence-corrected chi connectivity index (χ1v) is 11.0. The maximum atomic E-state index is 13.3. The van der Waals surface area contributed by atoms with Gasteiger partial charge in [-0.2, -0.15) is 4.98 Å². The summed E-state index contributed by atoms with van der Waals surface area (Å²) in [6.45, 7) is 7.25. The van der Waals surface area contributed by atoms with E-state index in [1.807, 2.05) is 10.6 Å². The highest BCUT2D eigenvalue weighted by Crippen LogP contribution is 2.27. The lowest BCUT2D eigenvalue weighted by Crippen LogP contribution is -2.41. The summed E-state index contributed by atoms with van der Waals surface area (Å²) in [6, 6.07) is 10.4. The molecule has 2 aromatic heterocycles. The number of anilines is 1. The topological polar surface area (TPSA) is 65.1 Å². The maximum absolute atomic E-state index is 13.3. The quantitative estimate of drug-likeness (QED) is 0.563. The molecular formula is C23H31N5O2. The molecule has 0 saturated carbocycles. The van der Waals surface area contributed by atoms with E-state index in [0.29, 0.717) is 23.6 Å². The summed E-state index contributed by atoms with van der Waals surface area (Å²) in [5.74, 6) is 1.20. The smallest absolute Gasteiger partial charge is 0.332 e. The molecule has 0 saturated heterocycles. The van der Waals surface area contributed by atoms with Crippen molar-refractivity contribution in [2.24, 2.45) is 13.0 Å². The van der Waals surface area contributed by atoms with Crippen LogP contribution in [-0.2, 0) is 26.6 Å². The minimum absolute atomic E-state index is 0.208. The van der Waals surface area contributed by atoms with Gasteiger partial charge in [0.2, 0.25) is 5.95 Å². The molecule has 0 unspecified atom stereocenters. The molecule has 1 aromatic carbocycles. The SMILES string of the molecule is CCCCCn1c(=O)c2c(nc3n2C[C@H](C)CN3CCc2ccccc2)n(C)c1=O. The zero-order valence-electron chi connectivity index (χ0n) is 18.2. The fraction of sp³-hybridized carbons (Fsp3) is 0.522. The lowest BCUT2D eigenvalue weighted by atomic mass is 10.1. The molecule has 1 aliphatic heterocycles. The van der Waals surface area contributed by atoms with E-state index in [1.54, 1.807) is 7.05 Å². The fourth-order valence-corrected chi connectivity index (χ4v) is 4.42. The normalized spacial score (nSPS) is 16.2. The van der Waals surface area contributed by atoms with Crippen molar-refractivity contribution in [3.63, 3.8) is 0 Å². The van der Waals surface area contributed by atoms with Gasteiger partial charge in [-0.1, -0.05) is 57.0 Å². The Labute approximate surface area is 176 Å². The highest BCUT2D eigenvalue weighted by atomic mass is 16.2. The van der Waals surface area contributed by atoms with E-state index in [9.17, 15) is 9.59 Å². The van der Waals surface area contributed by atoms with E-state index < -0.39 is 0 Å². The summed E-state index contributed by atoms with van der Waals surface area (Å²) in [6.07, 6.45) is 3.80. The molecule has 7 heteroatoms. The van der Waals surface area contributed by atoms with Gasteiger partial charge in [0.15, 0.2) is 11.2 Å². The van der Waals surface area contributed by atoms with Crippen molar-refractivity contribution in [3.8, 4) is 0 Å². The van der Waals surface area contributed by atoms with E-state index >= 15 is 0 Å². The number of aryl methyl sites for hydroxylation is 1. The van der Waals surface area contributed by atoms with Gasteiger partial charge in [-0.25, -0.2) is 4.79 Å². The van der Waals surface area contributed by atoms with Gasteiger partial charge in [0.25, 0.3) is 5.56 Å². The molecule has 4 rings (SSSR count). The number of hydrogen-bond acceptors (Lipinski definition) is 4. The lowest BCUT2D eigenvalue weighted by Gasteiger charge is -2.33. The van der Waals surface area contributed by atoms with Crippen LogP contribution in [0.15, 0.2) is 39.9 Å². The molecule has 0 bridgehead atoms. The van der Waals surface area contributed by atoms with Crippen molar-refractivity contribution in [1.29, 1.82) is 0 Å². The van der Waals surface area contributed by atoms with Gasteiger partial charge < -0.3 is 9.47 Å². The molecule has 1 atom stereocenters. The highest BCUT2D eigenvalue weighted by Gasteiger charge is 2.28. The van der Waals surface area contributed by atoms with Crippen LogP contribution < -0.4 is 16.1 Å². The van der Waals surface area contributed by atoms with Gasteiger partial charge in [-0.15, -0.1) is 0 Å². The van der Waals surface area contributed by atoms with Crippen molar-refractivity contribution in [2.75, 3.05) is 18.0 Å². The molecule has 7 nitrogen and oxygen atoms in total. The Kier molecular flexibility index (Phi) is 5.79. The molecular weight excluding hydrogens is 378 g/mol. The van der Waals surface area contributed by atoms with E-state index in [4.69, 9.17) is 4.98 Å². The predicted octanol–water partition coefficient (Wildman–Crippen LogP) is 2.79. The van der Waals surface area contributed by atoms with Crippen LogP contribution in [0.2, 0.25) is 0 Å². The third-order valence-electron chi connectivity index (χ3n) is 6.02. The number of unbranched alkanes of at least 4 members (excludes halogenated alkanes) is 2. The molecule has 0 amide bonds. The molecule has 0 spiro atoms. The number of hydrogen-bond donors (Lipinski definition) is 0. The average molecular weight is 410 g/mol. The van der Waals surface area contributed by atoms with E-state index in [-0.39, 0.29) is 11.2 Å². The third-order valence-corrected chi connectivity index (χ3v) is 6.02. The Hall–Kier alpha value is -2.83. The minimum Gasteiger partial charge on any atom is -0.342 e. The van der Waals surface area contributed by atoms with Crippen LogP contribution >= 0.6 is 0 Å². The summed E-state index contributed by atoms with van der Waals surface area (Å²) in [5.41, 5.74) is 1.84. The Morgan fingerprint density at radius 2 is 1.83 bits per heavy atom. The summed E-state index contributed by atoms with van der Waals surface area (Å²) in [7, 11) is 1.72. The number of rotatable bonds is 7. The molecule has 0 aliphatic carbocycles. The van der Waals surface area contributed by atoms with Crippen LogP contribution in [0.4, 0.5) is 5.95 Å². The molecule has 0 N–H and O–H groups in total. The number of aromatic nitrogens is 4. The van der Waals surface area contributed by atoms with Gasteiger partial charge in [0, 0.05) is 33.2 Å². The van der Waals surface area contributed by atoms with Gasteiger partial charge in [0.05, 0.1) is 0 Å². The van der Waals surface area contributed by atoms with Gasteiger partial charge in [-0.05, 0) is 24.3 Å². The monoisotopic (exact) mass is 409 g/mol. The first-order chi connectivity index (χ1) is 14.5. The minimum atomic E-state index is -0.275. The first-order valence-electron chi connectivity index (χ1n) is 11.0. The molecule has 3 aromatic rings. The predicted molar refractivity (Wildman–Crippen MR) is 120 cm³/mol. The lowest BCUT2D eigenvalue weighted by molar-refractivity contribution is 0.436. The number of benzene rings is 1. The van der Waals surface area contributed by atoms with Crippen LogP contribution in [0, 0.1) is 5.92 Å². The summed E-state index contributed by atoms with van der Waals surface area (Å²) >= 11 is 0. The number of nitrogens with zero attached hydrogens (tertiary/aromatic N) is 5. The van der Waals surface area contributed by atoms with Crippen LogP contribution in [0.5, 0.6) is 0 Å². The second-order valence-electron chi connectivity index (χ2n) is 8.49. The second-order valence-corrected chi connectivity index (χ2v) is 8.49. The van der Waals surface area contributed by atoms with Crippen LogP contribution in [-0.4, -0.2) is 31.8 Å². The molecule has 0 fully saturated rings. The van der Waals surface area contributed by atoms with E-state index in [2.05, 4.69) is 43.0 Å². The third kappa shape index (κ3) is 3.68. The van der Waals surface area contributed by atoms with Gasteiger partial charge >= 0.3 is 5.69 Å². The van der Waals surface area contributed by atoms with Crippen LogP contribution in [0.3, 0.4) is 0 Å². The van der Waals surface area contributed by atoms with Crippen LogP contribution in [0.1, 0.15) is 38.7 Å². The average Bonchev–Trinajstić information content (AvgIpc) is 3.13. The van der Waals surface area contributed by atoms with E-state index in [1.165, 1.54) is 14.7 Å². The Morgan fingerprint density at radius 1 is 1.07 bits per heavy atom. The fourth-order valence-electron chi connectivity index (χ4n) is 4.42.